The Balaban J connectivity index is 1.12. The predicted molar refractivity (Wildman–Crippen MR) is 209 cm³/mol. The summed E-state index contributed by atoms with van der Waals surface area (Å²) < 4.78 is 15.6. The number of para-hydroxylation sites is 2. The van der Waals surface area contributed by atoms with Crippen LogP contribution in [-0.4, -0.2) is 15.0 Å². The zero-order chi connectivity index (χ0) is 33.5. The second-order valence-corrected chi connectivity index (χ2v) is 13.8. The molecule has 0 fully saturated rings. The minimum atomic E-state index is 0.545. The monoisotopic (exact) mass is 671 g/mol. The van der Waals surface area contributed by atoms with E-state index in [0.29, 0.717) is 17.5 Å². The van der Waals surface area contributed by atoms with Gasteiger partial charge in [-0.15, -0.1) is 11.3 Å². The van der Waals surface area contributed by atoms with Gasteiger partial charge in [-0.3, -0.25) is 0 Å². The lowest BCUT2D eigenvalue weighted by molar-refractivity contribution is 0.668. The normalized spacial score (nSPS) is 11.9. The number of aromatic nitrogens is 3. The molecular formula is C45H25N3O2S. The summed E-state index contributed by atoms with van der Waals surface area (Å²) in [6, 6.07) is 52.1. The molecular weight excluding hydrogens is 647 g/mol. The Morgan fingerprint density at radius 3 is 1.96 bits per heavy atom. The largest absolute Gasteiger partial charge is 0.456 e. The molecule has 51 heavy (non-hydrogen) atoms. The first-order valence-electron chi connectivity index (χ1n) is 16.9. The van der Waals surface area contributed by atoms with Crippen LogP contribution in [0.2, 0.25) is 0 Å². The fraction of sp³-hybridized carbons (Fsp3) is 0. The highest BCUT2D eigenvalue weighted by molar-refractivity contribution is 7.26. The van der Waals surface area contributed by atoms with Crippen LogP contribution in [0.25, 0.3) is 109 Å². The molecule has 0 saturated carbocycles. The highest BCUT2D eigenvalue weighted by atomic mass is 32.1. The van der Waals surface area contributed by atoms with Crippen molar-refractivity contribution in [2.75, 3.05) is 0 Å². The van der Waals surface area contributed by atoms with Gasteiger partial charge in [-0.25, -0.2) is 15.0 Å². The van der Waals surface area contributed by atoms with E-state index in [0.717, 1.165) is 66.1 Å². The Hall–Kier alpha value is -6.63. The third kappa shape index (κ3) is 4.37. The number of rotatable bonds is 4. The summed E-state index contributed by atoms with van der Waals surface area (Å²) in [6.07, 6.45) is 0. The van der Waals surface area contributed by atoms with Crippen molar-refractivity contribution in [2.24, 2.45) is 0 Å². The van der Waals surface area contributed by atoms with E-state index in [1.807, 2.05) is 78.1 Å². The topological polar surface area (TPSA) is 65.0 Å². The molecule has 0 amide bonds. The Labute approximate surface area is 295 Å². The summed E-state index contributed by atoms with van der Waals surface area (Å²) in [5, 5.41) is 6.63. The number of hydrogen-bond donors (Lipinski definition) is 0. The Morgan fingerprint density at radius 1 is 0.392 bits per heavy atom. The highest BCUT2D eigenvalue weighted by Crippen LogP contribution is 2.43. The molecule has 0 aliphatic heterocycles. The lowest BCUT2D eigenvalue weighted by Gasteiger charge is -2.09. The van der Waals surface area contributed by atoms with E-state index in [1.54, 1.807) is 0 Å². The smallest absolute Gasteiger partial charge is 0.167 e. The molecule has 0 atom stereocenters. The van der Waals surface area contributed by atoms with Crippen LogP contribution < -0.4 is 0 Å². The number of fused-ring (bicyclic) bond motifs is 9. The number of thiophene rings is 1. The minimum absolute atomic E-state index is 0.545. The summed E-state index contributed by atoms with van der Waals surface area (Å²) in [5.41, 5.74) is 8.10. The Morgan fingerprint density at radius 2 is 1.06 bits per heavy atom. The van der Waals surface area contributed by atoms with Crippen LogP contribution in [0.5, 0.6) is 0 Å². The van der Waals surface area contributed by atoms with E-state index in [-0.39, 0.29) is 0 Å². The molecule has 0 unspecified atom stereocenters. The molecule has 11 aromatic rings. The van der Waals surface area contributed by atoms with Crippen LogP contribution in [0.3, 0.4) is 0 Å². The van der Waals surface area contributed by atoms with E-state index >= 15 is 0 Å². The van der Waals surface area contributed by atoms with Crippen molar-refractivity contribution in [1.29, 1.82) is 0 Å². The minimum Gasteiger partial charge on any atom is -0.456 e. The number of benzene rings is 7. The summed E-state index contributed by atoms with van der Waals surface area (Å²) in [7, 11) is 0. The SMILES string of the molecule is c1ccc(-c2nc(-c3cccc4c3oc3cc(-c5cccc6c5sc5ccccc56)ccc34)nc(-c3cccc4oc5ccccc5c34)n2)cc1. The molecule has 0 aliphatic rings. The van der Waals surface area contributed by atoms with E-state index in [2.05, 4.69) is 84.9 Å². The van der Waals surface area contributed by atoms with Crippen molar-refractivity contribution >= 4 is 75.4 Å². The summed E-state index contributed by atoms with van der Waals surface area (Å²) in [6.45, 7) is 0. The summed E-state index contributed by atoms with van der Waals surface area (Å²) in [4.78, 5) is 15.3. The van der Waals surface area contributed by atoms with Gasteiger partial charge in [0, 0.05) is 52.8 Å². The molecule has 0 aliphatic carbocycles. The third-order valence-electron chi connectivity index (χ3n) is 9.77. The van der Waals surface area contributed by atoms with Crippen molar-refractivity contribution in [2.45, 2.75) is 0 Å². The molecule has 0 N–H and O–H groups in total. The number of hydrogen-bond acceptors (Lipinski definition) is 6. The maximum absolute atomic E-state index is 6.77. The van der Waals surface area contributed by atoms with E-state index in [9.17, 15) is 0 Å². The van der Waals surface area contributed by atoms with Crippen LogP contribution >= 0.6 is 11.3 Å². The van der Waals surface area contributed by atoms with Crippen LogP contribution in [0.4, 0.5) is 0 Å². The van der Waals surface area contributed by atoms with Crippen LogP contribution in [0.15, 0.2) is 160 Å². The number of nitrogens with zero attached hydrogens (tertiary/aromatic N) is 3. The van der Waals surface area contributed by atoms with Crippen molar-refractivity contribution < 1.29 is 8.83 Å². The summed E-state index contributed by atoms with van der Waals surface area (Å²) in [5.74, 6) is 1.71. The van der Waals surface area contributed by atoms with Gasteiger partial charge >= 0.3 is 0 Å². The van der Waals surface area contributed by atoms with Crippen molar-refractivity contribution in [3.63, 3.8) is 0 Å². The highest BCUT2D eigenvalue weighted by Gasteiger charge is 2.21. The molecule has 5 nitrogen and oxygen atoms in total. The fourth-order valence-corrected chi connectivity index (χ4v) is 8.65. The average Bonchev–Trinajstić information content (AvgIpc) is 3.89. The Kier molecular flexibility index (Phi) is 6.05. The lowest BCUT2D eigenvalue weighted by atomic mass is 10.0. The van der Waals surface area contributed by atoms with Gasteiger partial charge in [0.1, 0.15) is 22.3 Å². The van der Waals surface area contributed by atoms with Crippen molar-refractivity contribution in [3.05, 3.63) is 152 Å². The van der Waals surface area contributed by atoms with Gasteiger partial charge in [0.05, 0.1) is 5.56 Å². The molecule has 7 aromatic carbocycles. The Bertz CT molecular complexity index is 3160. The maximum atomic E-state index is 6.77. The molecule has 0 bridgehead atoms. The van der Waals surface area contributed by atoms with Crippen molar-refractivity contribution in [1.82, 2.24) is 15.0 Å². The van der Waals surface area contributed by atoms with Gasteiger partial charge < -0.3 is 8.83 Å². The molecule has 0 radical (unpaired) electrons. The fourth-order valence-electron chi connectivity index (χ4n) is 7.41. The first-order chi connectivity index (χ1) is 25.3. The quantitative estimate of drug-likeness (QED) is 0.186. The van der Waals surface area contributed by atoms with Crippen LogP contribution in [0.1, 0.15) is 0 Å². The van der Waals surface area contributed by atoms with E-state index in [4.69, 9.17) is 23.8 Å². The molecule has 0 spiro atoms. The molecule has 11 rings (SSSR count). The lowest BCUT2D eigenvalue weighted by Crippen LogP contribution is -2.00. The zero-order valence-corrected chi connectivity index (χ0v) is 27.8. The molecule has 4 aromatic heterocycles. The average molecular weight is 672 g/mol. The van der Waals surface area contributed by atoms with Gasteiger partial charge in [0.2, 0.25) is 0 Å². The molecule has 238 valence electrons. The maximum Gasteiger partial charge on any atom is 0.167 e. The van der Waals surface area contributed by atoms with Gasteiger partial charge in [-0.2, -0.15) is 0 Å². The second kappa shape index (κ2) is 10.9. The van der Waals surface area contributed by atoms with E-state index in [1.165, 1.54) is 25.7 Å². The van der Waals surface area contributed by atoms with Crippen LogP contribution in [0, 0.1) is 0 Å². The number of furan rings is 2. The third-order valence-corrected chi connectivity index (χ3v) is 11.0. The van der Waals surface area contributed by atoms with E-state index < -0.39 is 0 Å². The van der Waals surface area contributed by atoms with Crippen LogP contribution in [-0.2, 0) is 0 Å². The zero-order valence-electron chi connectivity index (χ0n) is 27.0. The molecule has 0 saturated heterocycles. The first-order valence-corrected chi connectivity index (χ1v) is 17.7. The standard InChI is InChI=1S/C45H25N3O2S/c1-2-11-26(12-3-1)43-46-44(34-18-10-21-37-40(34)33-14-4-6-20-36(33)49-37)48-45(47-43)35-19-9-16-31-29-24-23-27(25-38(29)50-41(31)35)28-15-8-17-32-30-13-5-7-22-39(30)51-42(28)32/h1-25H. The predicted octanol–water partition coefficient (Wildman–Crippen LogP) is 12.7. The van der Waals surface area contributed by atoms with Gasteiger partial charge in [0.15, 0.2) is 17.5 Å². The van der Waals surface area contributed by atoms with Gasteiger partial charge in [-0.05, 0) is 47.5 Å². The molecule has 6 heteroatoms. The van der Waals surface area contributed by atoms with Gasteiger partial charge in [0.25, 0.3) is 0 Å². The summed E-state index contributed by atoms with van der Waals surface area (Å²) >= 11 is 1.83. The molecule has 4 heterocycles. The second-order valence-electron chi connectivity index (χ2n) is 12.7. The first kappa shape index (κ1) is 28.2. The van der Waals surface area contributed by atoms with Crippen molar-refractivity contribution in [3.8, 4) is 45.3 Å². The van der Waals surface area contributed by atoms with Gasteiger partial charge in [-0.1, -0.05) is 115 Å².